The minimum atomic E-state index is -0.657. The molecule has 0 aliphatic heterocycles. The number of ether oxygens (including phenoxy) is 2. The molecular weight excluding hydrogens is 236 g/mol. The van der Waals surface area contributed by atoms with E-state index in [-0.39, 0.29) is 23.5 Å². The summed E-state index contributed by atoms with van der Waals surface area (Å²) in [5.74, 6) is -0.543. The zero-order valence-corrected chi connectivity index (χ0v) is 10.6. The summed E-state index contributed by atoms with van der Waals surface area (Å²) in [6.45, 7) is 5.64. The van der Waals surface area contributed by atoms with Crippen molar-refractivity contribution in [2.75, 3.05) is 13.2 Å². The monoisotopic (exact) mass is 252 g/mol. The smallest absolute Gasteiger partial charge is 0.339 e. The van der Waals surface area contributed by atoms with Gasteiger partial charge >= 0.3 is 5.97 Å². The molecular formula is C13H16O5. The molecule has 98 valence electrons. The Kier molecular flexibility index (Phi) is 4.71. The Hall–Kier alpha value is -2.04. The first-order chi connectivity index (χ1) is 8.56. The third-order valence-electron chi connectivity index (χ3n) is 2.46. The number of hydrogen-bond donors (Lipinski definition) is 1. The van der Waals surface area contributed by atoms with Crippen molar-refractivity contribution in [1.82, 2.24) is 0 Å². The lowest BCUT2D eigenvalue weighted by Gasteiger charge is -2.13. The van der Waals surface area contributed by atoms with Crippen LogP contribution in [0.3, 0.4) is 0 Å². The molecule has 0 fully saturated rings. The summed E-state index contributed by atoms with van der Waals surface area (Å²) in [6, 6.07) is 1.42. The second-order valence-electron chi connectivity index (χ2n) is 3.58. The first-order valence-corrected chi connectivity index (χ1v) is 5.68. The number of aldehydes is 1. The molecule has 0 heterocycles. The third-order valence-corrected chi connectivity index (χ3v) is 2.46. The summed E-state index contributed by atoms with van der Waals surface area (Å²) in [5, 5.41) is 9.88. The standard InChI is InChI=1S/C13H16O5/c1-4-17-11-6-9(13(16)18-5-2)10(7-14)12(15)8(11)3/h6-7,15H,4-5H2,1-3H3. The Morgan fingerprint density at radius 1 is 1.39 bits per heavy atom. The van der Waals surface area contributed by atoms with Gasteiger partial charge in [0.15, 0.2) is 6.29 Å². The van der Waals surface area contributed by atoms with Crippen molar-refractivity contribution in [3.63, 3.8) is 0 Å². The summed E-state index contributed by atoms with van der Waals surface area (Å²) >= 11 is 0. The minimum Gasteiger partial charge on any atom is -0.507 e. The van der Waals surface area contributed by atoms with E-state index in [1.165, 1.54) is 6.07 Å². The molecule has 0 spiro atoms. The summed E-state index contributed by atoms with van der Waals surface area (Å²) in [6.07, 6.45) is 0.435. The van der Waals surface area contributed by atoms with Crippen LogP contribution in [-0.4, -0.2) is 30.6 Å². The zero-order valence-electron chi connectivity index (χ0n) is 10.6. The molecule has 5 heteroatoms. The second-order valence-corrected chi connectivity index (χ2v) is 3.58. The summed E-state index contributed by atoms with van der Waals surface area (Å²) < 4.78 is 10.1. The predicted molar refractivity (Wildman–Crippen MR) is 65.4 cm³/mol. The van der Waals surface area contributed by atoms with Gasteiger partial charge in [-0.25, -0.2) is 4.79 Å². The quantitative estimate of drug-likeness (QED) is 0.641. The fraction of sp³-hybridized carbons (Fsp3) is 0.385. The van der Waals surface area contributed by atoms with Gasteiger partial charge in [-0.3, -0.25) is 4.79 Å². The Balaban J connectivity index is 3.38. The zero-order chi connectivity index (χ0) is 13.7. The van der Waals surface area contributed by atoms with E-state index in [4.69, 9.17) is 9.47 Å². The van der Waals surface area contributed by atoms with E-state index in [2.05, 4.69) is 0 Å². The van der Waals surface area contributed by atoms with Crippen molar-refractivity contribution in [3.05, 3.63) is 22.8 Å². The van der Waals surface area contributed by atoms with Gasteiger partial charge in [-0.15, -0.1) is 0 Å². The maximum Gasteiger partial charge on any atom is 0.339 e. The number of phenols is 1. The molecule has 0 saturated carbocycles. The van der Waals surface area contributed by atoms with Crippen molar-refractivity contribution < 1.29 is 24.2 Å². The number of hydrogen-bond acceptors (Lipinski definition) is 5. The number of rotatable bonds is 5. The van der Waals surface area contributed by atoms with Crippen LogP contribution < -0.4 is 4.74 Å². The fourth-order valence-corrected chi connectivity index (χ4v) is 1.57. The van der Waals surface area contributed by atoms with E-state index < -0.39 is 5.97 Å². The maximum absolute atomic E-state index is 11.7. The van der Waals surface area contributed by atoms with Gasteiger partial charge in [0, 0.05) is 5.56 Å². The molecule has 0 saturated heterocycles. The average Bonchev–Trinajstić information content (AvgIpc) is 2.35. The molecule has 0 aromatic heterocycles. The highest BCUT2D eigenvalue weighted by Gasteiger charge is 2.20. The highest BCUT2D eigenvalue weighted by molar-refractivity contribution is 6.01. The normalized spacial score (nSPS) is 9.94. The summed E-state index contributed by atoms with van der Waals surface area (Å²) in [4.78, 5) is 22.7. The van der Waals surface area contributed by atoms with Crippen LogP contribution in [0.25, 0.3) is 0 Å². The SMILES string of the molecule is CCOC(=O)c1cc(OCC)c(C)c(O)c1C=O. The first kappa shape index (κ1) is 14.0. The molecule has 1 aromatic carbocycles. The Labute approximate surface area is 105 Å². The molecule has 0 amide bonds. The second kappa shape index (κ2) is 6.05. The van der Waals surface area contributed by atoms with Crippen LogP contribution >= 0.6 is 0 Å². The van der Waals surface area contributed by atoms with Gasteiger partial charge in [0.05, 0.1) is 24.3 Å². The Bertz CT molecular complexity index is 465. The Morgan fingerprint density at radius 2 is 2.06 bits per heavy atom. The van der Waals surface area contributed by atoms with Crippen LogP contribution in [0.4, 0.5) is 0 Å². The summed E-state index contributed by atoms with van der Waals surface area (Å²) in [5.41, 5.74) is 0.361. The molecule has 0 atom stereocenters. The number of benzene rings is 1. The van der Waals surface area contributed by atoms with Crippen LogP contribution in [0.2, 0.25) is 0 Å². The minimum absolute atomic E-state index is 0.0124. The van der Waals surface area contributed by atoms with Crippen molar-refractivity contribution >= 4 is 12.3 Å². The lowest BCUT2D eigenvalue weighted by molar-refractivity contribution is 0.0523. The van der Waals surface area contributed by atoms with Crippen LogP contribution in [0, 0.1) is 6.92 Å². The van der Waals surface area contributed by atoms with Crippen molar-refractivity contribution in [3.8, 4) is 11.5 Å². The predicted octanol–water partition coefficient (Wildman–Crippen LogP) is 2.09. The maximum atomic E-state index is 11.7. The highest BCUT2D eigenvalue weighted by atomic mass is 16.5. The van der Waals surface area contributed by atoms with Crippen LogP contribution in [0.15, 0.2) is 6.07 Å². The van der Waals surface area contributed by atoms with Gasteiger partial charge in [-0.2, -0.15) is 0 Å². The van der Waals surface area contributed by atoms with Crippen molar-refractivity contribution in [2.24, 2.45) is 0 Å². The van der Waals surface area contributed by atoms with Gasteiger partial charge in [0.1, 0.15) is 11.5 Å². The molecule has 0 unspecified atom stereocenters. The van der Waals surface area contributed by atoms with Crippen LogP contribution in [0.5, 0.6) is 11.5 Å². The molecule has 1 N–H and O–H groups in total. The topological polar surface area (TPSA) is 72.8 Å². The van der Waals surface area contributed by atoms with Gasteiger partial charge < -0.3 is 14.6 Å². The lowest BCUT2D eigenvalue weighted by Crippen LogP contribution is -2.10. The first-order valence-electron chi connectivity index (χ1n) is 5.68. The van der Waals surface area contributed by atoms with Gasteiger partial charge in [-0.1, -0.05) is 0 Å². The fourth-order valence-electron chi connectivity index (χ4n) is 1.57. The molecule has 0 radical (unpaired) electrons. The van der Waals surface area contributed by atoms with Gasteiger partial charge in [0.25, 0.3) is 0 Å². The molecule has 1 aromatic rings. The van der Waals surface area contributed by atoms with Crippen molar-refractivity contribution in [2.45, 2.75) is 20.8 Å². The number of esters is 1. The van der Waals surface area contributed by atoms with E-state index in [0.29, 0.717) is 24.2 Å². The number of carbonyl (C=O) groups excluding carboxylic acids is 2. The molecule has 5 nitrogen and oxygen atoms in total. The average molecular weight is 252 g/mol. The van der Waals surface area contributed by atoms with Crippen LogP contribution in [-0.2, 0) is 4.74 Å². The van der Waals surface area contributed by atoms with Crippen molar-refractivity contribution in [1.29, 1.82) is 0 Å². The van der Waals surface area contributed by atoms with Crippen LogP contribution in [0.1, 0.15) is 40.1 Å². The third kappa shape index (κ3) is 2.61. The van der Waals surface area contributed by atoms with Gasteiger partial charge in [-0.05, 0) is 26.8 Å². The molecule has 0 bridgehead atoms. The van der Waals surface area contributed by atoms with E-state index in [0.717, 1.165) is 0 Å². The molecule has 1 rings (SSSR count). The van der Waals surface area contributed by atoms with E-state index >= 15 is 0 Å². The number of aromatic hydroxyl groups is 1. The largest absolute Gasteiger partial charge is 0.507 e. The van der Waals surface area contributed by atoms with Gasteiger partial charge in [0.2, 0.25) is 0 Å². The summed E-state index contributed by atoms with van der Waals surface area (Å²) in [7, 11) is 0. The molecule has 18 heavy (non-hydrogen) atoms. The number of phenolic OH excluding ortho intramolecular Hbond substituents is 1. The molecule has 0 aliphatic rings. The molecule has 0 aliphatic carbocycles. The van der Waals surface area contributed by atoms with E-state index in [1.807, 2.05) is 0 Å². The van der Waals surface area contributed by atoms with E-state index in [1.54, 1.807) is 20.8 Å². The number of carbonyl (C=O) groups is 2. The lowest BCUT2D eigenvalue weighted by atomic mass is 10.0. The Morgan fingerprint density at radius 3 is 2.56 bits per heavy atom. The van der Waals surface area contributed by atoms with E-state index in [9.17, 15) is 14.7 Å². The highest BCUT2D eigenvalue weighted by Crippen LogP contribution is 2.33.